The first-order valence-corrected chi connectivity index (χ1v) is 4.30. The maximum Gasteiger partial charge on any atom is 0.586 e. The van der Waals surface area contributed by atoms with Crippen molar-refractivity contribution in [1.29, 1.82) is 5.26 Å². The van der Waals surface area contributed by atoms with Crippen LogP contribution in [-0.4, -0.2) is 6.29 Å². The molecule has 72 valence electrons. The van der Waals surface area contributed by atoms with Crippen LogP contribution < -0.4 is 9.47 Å². The van der Waals surface area contributed by atoms with Gasteiger partial charge in [-0.3, -0.25) is 0 Å². The number of fused-ring (bicyclic) bond motifs is 1. The molecule has 0 unspecified atom stereocenters. The lowest BCUT2D eigenvalue weighted by Crippen LogP contribution is -2.26. The molecule has 3 nitrogen and oxygen atoms in total. The second-order valence-corrected chi connectivity index (χ2v) is 3.48. The molecule has 2 rings (SSSR count). The molecule has 14 heavy (non-hydrogen) atoms. The normalized spacial score (nSPS) is 16.4. The molecule has 0 radical (unpaired) electrons. The van der Waals surface area contributed by atoms with Crippen LogP contribution in [0.2, 0.25) is 0 Å². The molecule has 0 spiro atoms. The molecule has 1 aromatic carbocycles. The zero-order valence-corrected chi connectivity index (χ0v) is 8.14. The van der Waals surface area contributed by atoms with Crippen molar-refractivity contribution in [2.24, 2.45) is 0 Å². The predicted octanol–water partition coefficient (Wildman–Crippen LogP) is 2.64. The fourth-order valence-corrected chi connectivity index (χ4v) is 1.54. The van der Waals surface area contributed by atoms with Crippen molar-refractivity contribution in [2.45, 2.75) is 6.29 Å². The van der Waals surface area contributed by atoms with Crippen molar-refractivity contribution < 1.29 is 18.3 Å². The molecular formula is C8H2BrF2NO2. The molecule has 0 aliphatic carbocycles. The summed E-state index contributed by atoms with van der Waals surface area (Å²) in [6.45, 7) is 0. The minimum atomic E-state index is -3.69. The molecule has 1 aliphatic heterocycles. The molecule has 0 bridgehead atoms. The van der Waals surface area contributed by atoms with E-state index in [-0.39, 0.29) is 17.1 Å². The maximum absolute atomic E-state index is 12.6. The number of benzene rings is 1. The Kier molecular flexibility index (Phi) is 1.86. The molecule has 0 aromatic heterocycles. The van der Waals surface area contributed by atoms with Crippen LogP contribution in [0.15, 0.2) is 16.6 Å². The number of nitrogens with zero attached hydrogens (tertiary/aromatic N) is 1. The van der Waals surface area contributed by atoms with Crippen molar-refractivity contribution in [3.63, 3.8) is 0 Å². The fraction of sp³-hybridized carbons (Fsp3) is 0.125. The predicted molar refractivity (Wildman–Crippen MR) is 45.1 cm³/mol. The van der Waals surface area contributed by atoms with Gasteiger partial charge in [-0.15, -0.1) is 8.78 Å². The summed E-state index contributed by atoms with van der Waals surface area (Å²) in [5.41, 5.74) is 0.00606. The maximum atomic E-state index is 12.6. The molecule has 0 amide bonds. The molecule has 0 saturated carbocycles. The van der Waals surface area contributed by atoms with Crippen LogP contribution in [0.3, 0.4) is 0 Å². The monoisotopic (exact) mass is 261 g/mol. The Hall–Kier alpha value is -1.35. The molecule has 1 heterocycles. The summed E-state index contributed by atoms with van der Waals surface area (Å²) < 4.78 is 34.1. The van der Waals surface area contributed by atoms with Gasteiger partial charge in [0.15, 0.2) is 11.5 Å². The SMILES string of the molecule is N#Cc1cc(Br)cc2c1OC(F)(F)O2. The van der Waals surface area contributed by atoms with Gasteiger partial charge >= 0.3 is 6.29 Å². The Balaban J connectivity index is 2.58. The first-order chi connectivity index (χ1) is 6.52. The summed E-state index contributed by atoms with van der Waals surface area (Å²) >= 11 is 3.06. The molecule has 1 aromatic rings. The van der Waals surface area contributed by atoms with Crippen molar-refractivity contribution >= 4 is 15.9 Å². The van der Waals surface area contributed by atoms with E-state index in [1.807, 2.05) is 0 Å². The Morgan fingerprint density at radius 3 is 2.71 bits per heavy atom. The Bertz CT molecular complexity index is 442. The van der Waals surface area contributed by atoms with E-state index in [1.165, 1.54) is 12.1 Å². The Labute approximate surface area is 86.0 Å². The van der Waals surface area contributed by atoms with Crippen LogP contribution in [0.1, 0.15) is 5.56 Å². The lowest BCUT2D eigenvalue weighted by Gasteiger charge is -2.04. The molecule has 0 N–H and O–H groups in total. The van der Waals surface area contributed by atoms with Crippen LogP contribution in [-0.2, 0) is 0 Å². The van der Waals surface area contributed by atoms with Crippen molar-refractivity contribution in [1.82, 2.24) is 0 Å². The van der Waals surface area contributed by atoms with Gasteiger partial charge in [-0.05, 0) is 12.1 Å². The number of alkyl halides is 2. The van der Waals surface area contributed by atoms with E-state index >= 15 is 0 Å². The van der Waals surface area contributed by atoms with Crippen molar-refractivity contribution in [2.75, 3.05) is 0 Å². The van der Waals surface area contributed by atoms with E-state index in [2.05, 4.69) is 25.4 Å². The zero-order chi connectivity index (χ0) is 10.3. The molecule has 0 atom stereocenters. The van der Waals surface area contributed by atoms with E-state index in [9.17, 15) is 8.78 Å². The quantitative estimate of drug-likeness (QED) is 0.721. The summed E-state index contributed by atoms with van der Waals surface area (Å²) in [5, 5.41) is 8.65. The molecule has 1 aliphatic rings. The van der Waals surface area contributed by atoms with Gasteiger partial charge < -0.3 is 9.47 Å². The number of hydrogen-bond donors (Lipinski definition) is 0. The van der Waals surface area contributed by atoms with E-state index in [0.29, 0.717) is 4.47 Å². The minimum absolute atomic E-state index is 0.00606. The number of halogens is 3. The summed E-state index contributed by atoms with van der Waals surface area (Å²) in [6, 6.07) is 4.43. The highest BCUT2D eigenvalue weighted by Gasteiger charge is 2.44. The first-order valence-electron chi connectivity index (χ1n) is 3.51. The summed E-state index contributed by atoms with van der Waals surface area (Å²) in [7, 11) is 0. The Morgan fingerprint density at radius 2 is 2.07 bits per heavy atom. The topological polar surface area (TPSA) is 42.2 Å². The van der Waals surface area contributed by atoms with Gasteiger partial charge in [0.25, 0.3) is 0 Å². The molecule has 0 saturated heterocycles. The van der Waals surface area contributed by atoms with E-state index in [4.69, 9.17) is 5.26 Å². The summed E-state index contributed by atoms with van der Waals surface area (Å²) in [6.07, 6.45) is -3.69. The third kappa shape index (κ3) is 1.40. The largest absolute Gasteiger partial charge is 0.586 e. The Morgan fingerprint density at radius 1 is 1.36 bits per heavy atom. The third-order valence-corrected chi connectivity index (χ3v) is 2.05. The van der Waals surface area contributed by atoms with Gasteiger partial charge in [0.2, 0.25) is 0 Å². The van der Waals surface area contributed by atoms with Gasteiger partial charge in [0, 0.05) is 4.47 Å². The van der Waals surface area contributed by atoms with Crippen LogP contribution in [0.25, 0.3) is 0 Å². The number of ether oxygens (including phenoxy) is 2. The van der Waals surface area contributed by atoms with Gasteiger partial charge in [0.1, 0.15) is 6.07 Å². The van der Waals surface area contributed by atoms with Crippen LogP contribution in [0.4, 0.5) is 8.78 Å². The highest BCUT2D eigenvalue weighted by Crippen LogP contribution is 2.44. The van der Waals surface area contributed by atoms with Gasteiger partial charge in [0.05, 0.1) is 5.56 Å². The number of hydrogen-bond acceptors (Lipinski definition) is 3. The zero-order valence-electron chi connectivity index (χ0n) is 6.55. The van der Waals surface area contributed by atoms with E-state index in [1.54, 1.807) is 6.07 Å². The molecule has 0 fully saturated rings. The number of rotatable bonds is 0. The van der Waals surface area contributed by atoms with E-state index in [0.717, 1.165) is 0 Å². The second kappa shape index (κ2) is 2.82. The van der Waals surface area contributed by atoms with Crippen LogP contribution >= 0.6 is 15.9 Å². The average Bonchev–Trinajstić information content (AvgIpc) is 2.37. The second-order valence-electron chi connectivity index (χ2n) is 2.56. The lowest BCUT2D eigenvalue weighted by molar-refractivity contribution is -0.286. The van der Waals surface area contributed by atoms with Crippen molar-refractivity contribution in [3.05, 3.63) is 22.2 Å². The number of nitriles is 1. The summed E-state index contributed by atoms with van der Waals surface area (Å²) in [4.78, 5) is 0. The van der Waals surface area contributed by atoms with E-state index < -0.39 is 6.29 Å². The smallest absolute Gasteiger partial charge is 0.395 e. The van der Waals surface area contributed by atoms with Gasteiger partial charge in [-0.1, -0.05) is 15.9 Å². The van der Waals surface area contributed by atoms with Crippen LogP contribution in [0, 0.1) is 11.3 Å². The standard InChI is InChI=1S/C8H2BrF2NO2/c9-5-1-4(3-12)7-6(2-5)13-8(10,11)14-7/h1-2H. The third-order valence-electron chi connectivity index (χ3n) is 1.59. The van der Waals surface area contributed by atoms with Crippen molar-refractivity contribution in [3.8, 4) is 17.6 Å². The average molecular weight is 262 g/mol. The minimum Gasteiger partial charge on any atom is -0.395 e. The molecule has 6 heteroatoms. The highest BCUT2D eigenvalue weighted by molar-refractivity contribution is 9.10. The highest BCUT2D eigenvalue weighted by atomic mass is 79.9. The van der Waals surface area contributed by atoms with Crippen LogP contribution in [0.5, 0.6) is 11.5 Å². The fourth-order valence-electron chi connectivity index (χ4n) is 1.10. The van der Waals surface area contributed by atoms with Gasteiger partial charge in [-0.25, -0.2) is 0 Å². The first kappa shape index (κ1) is 9.21. The van der Waals surface area contributed by atoms with Gasteiger partial charge in [-0.2, -0.15) is 5.26 Å². The molecular weight excluding hydrogens is 260 g/mol. The lowest BCUT2D eigenvalue weighted by atomic mass is 10.2. The summed E-state index contributed by atoms with van der Waals surface area (Å²) in [5.74, 6) is -0.360.